The first-order chi connectivity index (χ1) is 12.0. The Morgan fingerprint density at radius 2 is 2.08 bits per heavy atom. The Bertz CT molecular complexity index is 742. The Balaban J connectivity index is 1.57. The standard InChI is InChI=1S/C19H22N2O4/c1-13(12-15-6-5-11-24-15)20-18(22)9-10-21-16-7-3-4-8-17(16)25-14(2)19(21)23/h3-8,11,13-14H,9-10,12H2,1-2H3,(H,20,22). The number of fused-ring (bicyclic) bond motifs is 1. The third-order valence-corrected chi connectivity index (χ3v) is 4.13. The van der Waals surface area contributed by atoms with E-state index in [0.29, 0.717) is 24.4 Å². The summed E-state index contributed by atoms with van der Waals surface area (Å²) >= 11 is 0. The summed E-state index contributed by atoms with van der Waals surface area (Å²) in [5.41, 5.74) is 0.710. The predicted molar refractivity (Wildman–Crippen MR) is 93.5 cm³/mol. The van der Waals surface area contributed by atoms with E-state index in [1.807, 2.05) is 43.3 Å². The van der Waals surface area contributed by atoms with Crippen molar-refractivity contribution in [1.82, 2.24) is 5.32 Å². The van der Waals surface area contributed by atoms with Crippen LogP contribution < -0.4 is 15.0 Å². The molecule has 0 spiro atoms. The van der Waals surface area contributed by atoms with Crippen LogP contribution in [-0.2, 0) is 16.0 Å². The molecule has 2 atom stereocenters. The van der Waals surface area contributed by atoms with Crippen LogP contribution in [0, 0.1) is 0 Å². The molecule has 0 fully saturated rings. The maximum atomic E-state index is 12.4. The molecule has 25 heavy (non-hydrogen) atoms. The maximum absolute atomic E-state index is 12.4. The number of benzene rings is 1. The molecule has 0 saturated heterocycles. The lowest BCUT2D eigenvalue weighted by atomic mass is 10.1. The topological polar surface area (TPSA) is 71.8 Å². The van der Waals surface area contributed by atoms with E-state index in [1.54, 1.807) is 18.1 Å². The molecule has 132 valence electrons. The highest BCUT2D eigenvalue weighted by Gasteiger charge is 2.31. The number of nitrogens with one attached hydrogen (secondary N) is 1. The minimum atomic E-state index is -0.546. The van der Waals surface area contributed by atoms with E-state index in [1.165, 1.54) is 0 Å². The number of para-hydroxylation sites is 2. The molecule has 2 heterocycles. The van der Waals surface area contributed by atoms with E-state index in [-0.39, 0.29) is 24.3 Å². The zero-order chi connectivity index (χ0) is 17.8. The van der Waals surface area contributed by atoms with Gasteiger partial charge in [-0.15, -0.1) is 0 Å². The van der Waals surface area contributed by atoms with Gasteiger partial charge in [-0.1, -0.05) is 12.1 Å². The first-order valence-electron chi connectivity index (χ1n) is 8.43. The first-order valence-corrected chi connectivity index (χ1v) is 8.43. The van der Waals surface area contributed by atoms with Crippen LogP contribution in [0.4, 0.5) is 5.69 Å². The molecule has 3 rings (SSSR count). The minimum Gasteiger partial charge on any atom is -0.479 e. The second kappa shape index (κ2) is 7.42. The van der Waals surface area contributed by atoms with E-state index in [9.17, 15) is 9.59 Å². The third kappa shape index (κ3) is 4.02. The summed E-state index contributed by atoms with van der Waals surface area (Å²) in [5, 5.41) is 2.94. The van der Waals surface area contributed by atoms with Crippen molar-refractivity contribution in [1.29, 1.82) is 0 Å². The van der Waals surface area contributed by atoms with E-state index < -0.39 is 6.10 Å². The van der Waals surface area contributed by atoms with Gasteiger partial charge >= 0.3 is 0 Å². The fourth-order valence-electron chi connectivity index (χ4n) is 2.93. The lowest BCUT2D eigenvalue weighted by Gasteiger charge is -2.32. The molecule has 0 bridgehead atoms. The van der Waals surface area contributed by atoms with Crippen LogP contribution in [0.3, 0.4) is 0 Å². The number of hydrogen-bond acceptors (Lipinski definition) is 4. The summed E-state index contributed by atoms with van der Waals surface area (Å²) in [4.78, 5) is 26.2. The Hall–Kier alpha value is -2.76. The second-order valence-corrected chi connectivity index (χ2v) is 6.22. The molecule has 6 heteroatoms. The van der Waals surface area contributed by atoms with Crippen LogP contribution in [0.25, 0.3) is 0 Å². The second-order valence-electron chi connectivity index (χ2n) is 6.22. The number of hydrogen-bond donors (Lipinski definition) is 1. The maximum Gasteiger partial charge on any atom is 0.267 e. The number of carbonyl (C=O) groups excluding carboxylic acids is 2. The van der Waals surface area contributed by atoms with Crippen molar-refractivity contribution < 1.29 is 18.7 Å². The lowest BCUT2D eigenvalue weighted by molar-refractivity contribution is -0.125. The number of carbonyl (C=O) groups is 2. The van der Waals surface area contributed by atoms with Gasteiger partial charge in [0, 0.05) is 25.4 Å². The summed E-state index contributed by atoms with van der Waals surface area (Å²) in [5.74, 6) is 1.28. The SMILES string of the molecule is CC(Cc1ccco1)NC(=O)CCN1C(=O)C(C)Oc2ccccc21. The molecule has 1 aliphatic rings. The van der Waals surface area contributed by atoms with Crippen molar-refractivity contribution in [3.63, 3.8) is 0 Å². The Morgan fingerprint density at radius 3 is 2.84 bits per heavy atom. The van der Waals surface area contributed by atoms with Gasteiger partial charge in [0.1, 0.15) is 11.5 Å². The Morgan fingerprint density at radius 1 is 1.28 bits per heavy atom. The Kier molecular flexibility index (Phi) is 5.07. The number of anilines is 1. The zero-order valence-corrected chi connectivity index (χ0v) is 14.4. The van der Waals surface area contributed by atoms with Crippen LogP contribution in [0.15, 0.2) is 47.1 Å². The number of nitrogens with zero attached hydrogens (tertiary/aromatic N) is 1. The zero-order valence-electron chi connectivity index (χ0n) is 14.4. The van der Waals surface area contributed by atoms with Crippen LogP contribution >= 0.6 is 0 Å². The largest absolute Gasteiger partial charge is 0.479 e. The van der Waals surface area contributed by atoms with Crippen LogP contribution in [0.5, 0.6) is 5.75 Å². The Labute approximate surface area is 146 Å². The van der Waals surface area contributed by atoms with Crippen molar-refractivity contribution in [3.8, 4) is 5.75 Å². The molecule has 0 radical (unpaired) electrons. The average molecular weight is 342 g/mol. The fraction of sp³-hybridized carbons (Fsp3) is 0.368. The molecule has 1 aliphatic heterocycles. The molecule has 0 aliphatic carbocycles. The van der Waals surface area contributed by atoms with Crippen molar-refractivity contribution in [2.75, 3.05) is 11.4 Å². The first kappa shape index (κ1) is 17.1. The summed E-state index contributed by atoms with van der Waals surface area (Å²) in [6.07, 6.45) is 1.94. The monoisotopic (exact) mass is 342 g/mol. The molecule has 6 nitrogen and oxygen atoms in total. The third-order valence-electron chi connectivity index (χ3n) is 4.13. The quantitative estimate of drug-likeness (QED) is 0.876. The number of ether oxygens (including phenoxy) is 1. The van der Waals surface area contributed by atoms with Crippen molar-refractivity contribution >= 4 is 17.5 Å². The number of rotatable bonds is 6. The van der Waals surface area contributed by atoms with E-state index in [2.05, 4.69) is 5.32 Å². The highest BCUT2D eigenvalue weighted by molar-refractivity contribution is 6.00. The van der Waals surface area contributed by atoms with Gasteiger partial charge in [-0.05, 0) is 38.1 Å². The minimum absolute atomic E-state index is 0.0368. The summed E-state index contributed by atoms with van der Waals surface area (Å²) in [6, 6.07) is 11.0. The van der Waals surface area contributed by atoms with Gasteiger partial charge < -0.3 is 19.4 Å². The molecule has 1 N–H and O–H groups in total. The van der Waals surface area contributed by atoms with E-state index >= 15 is 0 Å². The van der Waals surface area contributed by atoms with E-state index in [0.717, 1.165) is 5.76 Å². The van der Waals surface area contributed by atoms with Gasteiger partial charge in [0.05, 0.1) is 12.0 Å². The van der Waals surface area contributed by atoms with Gasteiger partial charge in [-0.2, -0.15) is 0 Å². The number of amides is 2. The summed E-state index contributed by atoms with van der Waals surface area (Å²) < 4.78 is 10.9. The van der Waals surface area contributed by atoms with E-state index in [4.69, 9.17) is 9.15 Å². The molecule has 2 amide bonds. The highest BCUT2D eigenvalue weighted by Crippen LogP contribution is 2.33. The van der Waals surface area contributed by atoms with Gasteiger partial charge in [-0.25, -0.2) is 0 Å². The molecule has 2 aromatic rings. The van der Waals surface area contributed by atoms with Gasteiger partial charge in [0.15, 0.2) is 6.10 Å². The molecule has 1 aromatic heterocycles. The number of furan rings is 1. The van der Waals surface area contributed by atoms with Crippen molar-refractivity contribution in [3.05, 3.63) is 48.4 Å². The molecule has 1 aromatic carbocycles. The molecule has 0 saturated carbocycles. The van der Waals surface area contributed by atoms with Crippen LogP contribution in [0.2, 0.25) is 0 Å². The van der Waals surface area contributed by atoms with Gasteiger partial charge in [0.2, 0.25) is 5.91 Å². The lowest BCUT2D eigenvalue weighted by Crippen LogP contribution is -2.46. The van der Waals surface area contributed by atoms with Gasteiger partial charge in [-0.3, -0.25) is 9.59 Å². The molecular formula is C19H22N2O4. The normalized spacial score (nSPS) is 17.6. The summed E-state index contributed by atoms with van der Waals surface area (Å²) in [7, 11) is 0. The highest BCUT2D eigenvalue weighted by atomic mass is 16.5. The predicted octanol–water partition coefficient (Wildman–Crippen LogP) is 2.53. The smallest absolute Gasteiger partial charge is 0.267 e. The summed E-state index contributed by atoms with van der Waals surface area (Å²) in [6.45, 7) is 3.97. The molecule has 2 unspecified atom stereocenters. The van der Waals surface area contributed by atoms with Crippen molar-refractivity contribution in [2.24, 2.45) is 0 Å². The van der Waals surface area contributed by atoms with Crippen LogP contribution in [0.1, 0.15) is 26.0 Å². The average Bonchev–Trinajstić information content (AvgIpc) is 3.08. The molecular weight excluding hydrogens is 320 g/mol. The van der Waals surface area contributed by atoms with Crippen molar-refractivity contribution in [2.45, 2.75) is 38.8 Å². The van der Waals surface area contributed by atoms with Crippen LogP contribution in [-0.4, -0.2) is 30.5 Å². The fourth-order valence-corrected chi connectivity index (χ4v) is 2.93. The van der Waals surface area contributed by atoms with Gasteiger partial charge in [0.25, 0.3) is 5.91 Å².